The molecular weight excluding hydrogens is 248 g/mol. The minimum atomic E-state index is -1.01. The van der Waals surface area contributed by atoms with Crippen LogP contribution in [0, 0.1) is 0 Å². The number of nitrogens with two attached hydrogens (primary N) is 1. The van der Waals surface area contributed by atoms with E-state index in [0.29, 0.717) is 5.69 Å². The third kappa shape index (κ3) is 2.46. The summed E-state index contributed by atoms with van der Waals surface area (Å²) >= 11 is 1.65. The molecule has 0 amide bonds. The van der Waals surface area contributed by atoms with Crippen LogP contribution < -0.4 is 11.1 Å². The Bertz CT molecular complexity index is 552. The largest absolute Gasteiger partial charge is 0.478 e. The number of rotatable bonds is 4. The number of benzene rings is 1. The summed E-state index contributed by atoms with van der Waals surface area (Å²) in [5.41, 5.74) is 6.89. The van der Waals surface area contributed by atoms with Crippen molar-refractivity contribution in [2.75, 3.05) is 11.1 Å². The number of para-hydroxylation sites is 1. The molecule has 1 atom stereocenters. The Balaban J connectivity index is 2.24. The molecule has 1 aromatic carbocycles. The first-order valence-electron chi connectivity index (χ1n) is 5.51. The number of aromatic carboxylic acids is 1. The highest BCUT2D eigenvalue weighted by molar-refractivity contribution is 7.10. The van der Waals surface area contributed by atoms with E-state index in [1.165, 1.54) is 10.9 Å². The molecule has 0 fully saturated rings. The van der Waals surface area contributed by atoms with Crippen molar-refractivity contribution in [2.45, 2.75) is 13.0 Å². The predicted molar refractivity (Wildman–Crippen MR) is 74.2 cm³/mol. The van der Waals surface area contributed by atoms with Gasteiger partial charge in [0.1, 0.15) is 0 Å². The smallest absolute Gasteiger partial charge is 0.337 e. The fourth-order valence-electron chi connectivity index (χ4n) is 1.72. The van der Waals surface area contributed by atoms with Crippen LogP contribution in [0.5, 0.6) is 0 Å². The second-order valence-electron chi connectivity index (χ2n) is 3.95. The zero-order valence-corrected chi connectivity index (χ0v) is 10.7. The lowest BCUT2D eigenvalue weighted by molar-refractivity contribution is 0.0698. The molecule has 2 aromatic rings. The average molecular weight is 262 g/mol. The van der Waals surface area contributed by atoms with E-state index in [9.17, 15) is 4.79 Å². The van der Waals surface area contributed by atoms with Gasteiger partial charge >= 0.3 is 5.97 Å². The first-order valence-corrected chi connectivity index (χ1v) is 6.39. The summed E-state index contributed by atoms with van der Waals surface area (Å²) in [4.78, 5) is 12.2. The van der Waals surface area contributed by atoms with E-state index < -0.39 is 5.97 Å². The molecule has 4 N–H and O–H groups in total. The Labute approximate surface area is 109 Å². The minimum absolute atomic E-state index is 0.0938. The summed E-state index contributed by atoms with van der Waals surface area (Å²) in [6.45, 7) is 2.01. The monoisotopic (exact) mass is 262 g/mol. The summed E-state index contributed by atoms with van der Waals surface area (Å²) in [5, 5.41) is 14.2. The topological polar surface area (TPSA) is 75.3 Å². The van der Waals surface area contributed by atoms with E-state index >= 15 is 0 Å². The van der Waals surface area contributed by atoms with Gasteiger partial charge in [-0.2, -0.15) is 0 Å². The zero-order valence-electron chi connectivity index (χ0n) is 9.88. The van der Waals surface area contributed by atoms with Crippen LogP contribution in [0.1, 0.15) is 28.2 Å². The van der Waals surface area contributed by atoms with Crippen molar-refractivity contribution in [3.8, 4) is 0 Å². The van der Waals surface area contributed by atoms with Crippen LogP contribution >= 0.6 is 11.3 Å². The van der Waals surface area contributed by atoms with Crippen LogP contribution in [0.4, 0.5) is 11.4 Å². The molecule has 0 spiro atoms. The van der Waals surface area contributed by atoms with Crippen molar-refractivity contribution in [3.63, 3.8) is 0 Å². The molecule has 0 radical (unpaired) electrons. The van der Waals surface area contributed by atoms with Crippen LogP contribution in [0.2, 0.25) is 0 Å². The lowest BCUT2D eigenvalue weighted by Gasteiger charge is -2.16. The normalized spacial score (nSPS) is 12.1. The molecule has 0 bridgehead atoms. The maximum Gasteiger partial charge on any atom is 0.337 e. The van der Waals surface area contributed by atoms with Crippen molar-refractivity contribution in [3.05, 3.63) is 46.2 Å². The van der Waals surface area contributed by atoms with E-state index in [2.05, 4.69) is 5.32 Å². The second kappa shape index (κ2) is 5.10. The third-order valence-corrected chi connectivity index (χ3v) is 3.73. The highest BCUT2D eigenvalue weighted by Crippen LogP contribution is 2.28. The van der Waals surface area contributed by atoms with Gasteiger partial charge in [0.25, 0.3) is 0 Å². The van der Waals surface area contributed by atoms with Gasteiger partial charge in [0.2, 0.25) is 0 Å². The molecule has 4 nitrogen and oxygen atoms in total. The van der Waals surface area contributed by atoms with Crippen LogP contribution in [0.3, 0.4) is 0 Å². The van der Waals surface area contributed by atoms with Crippen LogP contribution in [0.25, 0.3) is 0 Å². The summed E-state index contributed by atoms with van der Waals surface area (Å²) in [6, 6.07) is 9.07. The maximum atomic E-state index is 11.0. The Morgan fingerprint density at radius 3 is 2.78 bits per heavy atom. The second-order valence-corrected chi connectivity index (χ2v) is 4.93. The predicted octanol–water partition coefficient (Wildman–Crippen LogP) is 3.20. The van der Waals surface area contributed by atoms with Gasteiger partial charge in [0.05, 0.1) is 23.0 Å². The van der Waals surface area contributed by atoms with Gasteiger partial charge in [0, 0.05) is 4.88 Å². The fourth-order valence-corrected chi connectivity index (χ4v) is 2.45. The van der Waals surface area contributed by atoms with Crippen molar-refractivity contribution in [1.82, 2.24) is 0 Å². The number of nitrogens with one attached hydrogen (secondary N) is 1. The Morgan fingerprint density at radius 2 is 2.17 bits per heavy atom. The highest BCUT2D eigenvalue weighted by Gasteiger charge is 2.13. The molecule has 0 aliphatic rings. The molecule has 1 heterocycles. The minimum Gasteiger partial charge on any atom is -0.478 e. The van der Waals surface area contributed by atoms with Crippen molar-refractivity contribution in [1.29, 1.82) is 0 Å². The molecular formula is C13H14N2O2S. The van der Waals surface area contributed by atoms with E-state index in [1.807, 2.05) is 24.4 Å². The van der Waals surface area contributed by atoms with Gasteiger partial charge in [-0.05, 0) is 30.5 Å². The number of hydrogen-bond donors (Lipinski definition) is 3. The molecule has 0 saturated heterocycles. The number of carboxylic acids is 1. The molecule has 94 valence electrons. The number of anilines is 2. The molecule has 0 saturated carbocycles. The number of nitrogen functional groups attached to an aromatic ring is 1. The molecule has 0 aliphatic carbocycles. The fraction of sp³-hybridized carbons (Fsp3) is 0.154. The van der Waals surface area contributed by atoms with Crippen LogP contribution in [0.15, 0.2) is 35.7 Å². The zero-order chi connectivity index (χ0) is 13.1. The van der Waals surface area contributed by atoms with Gasteiger partial charge in [-0.3, -0.25) is 0 Å². The molecule has 2 rings (SSSR count). The first kappa shape index (κ1) is 12.4. The number of carbonyl (C=O) groups is 1. The SMILES string of the molecule is CC(Nc1cccc(C(=O)O)c1N)c1cccs1. The van der Waals surface area contributed by atoms with Crippen molar-refractivity contribution in [2.24, 2.45) is 0 Å². The molecule has 0 aliphatic heterocycles. The highest BCUT2D eigenvalue weighted by atomic mass is 32.1. The Morgan fingerprint density at radius 1 is 1.39 bits per heavy atom. The number of thiophene rings is 1. The van der Waals surface area contributed by atoms with E-state index in [4.69, 9.17) is 10.8 Å². The molecule has 18 heavy (non-hydrogen) atoms. The van der Waals surface area contributed by atoms with E-state index in [0.717, 1.165) is 0 Å². The Kier molecular flexibility index (Phi) is 3.53. The standard InChI is InChI=1S/C13H14N2O2S/c1-8(11-6-3-7-18-11)15-10-5-2-4-9(12(10)14)13(16)17/h2-8,15H,14H2,1H3,(H,16,17). The summed E-state index contributed by atoms with van der Waals surface area (Å²) in [5.74, 6) is -1.01. The van der Waals surface area contributed by atoms with Crippen molar-refractivity contribution >= 4 is 28.7 Å². The van der Waals surface area contributed by atoms with Gasteiger partial charge in [-0.25, -0.2) is 4.79 Å². The molecule has 1 aromatic heterocycles. The molecule has 1 unspecified atom stereocenters. The third-order valence-electron chi connectivity index (χ3n) is 2.68. The Hall–Kier alpha value is -2.01. The quantitative estimate of drug-likeness (QED) is 0.740. The van der Waals surface area contributed by atoms with Gasteiger partial charge in [-0.15, -0.1) is 11.3 Å². The van der Waals surface area contributed by atoms with Gasteiger partial charge in [-0.1, -0.05) is 12.1 Å². The lowest BCUT2D eigenvalue weighted by atomic mass is 10.1. The maximum absolute atomic E-state index is 11.0. The molecule has 5 heteroatoms. The van der Waals surface area contributed by atoms with E-state index in [1.54, 1.807) is 23.5 Å². The lowest BCUT2D eigenvalue weighted by Crippen LogP contribution is -2.10. The van der Waals surface area contributed by atoms with Gasteiger partial charge < -0.3 is 16.2 Å². The number of carboxylic acid groups (broad SMARTS) is 1. The van der Waals surface area contributed by atoms with Gasteiger partial charge in [0.15, 0.2) is 0 Å². The summed E-state index contributed by atoms with van der Waals surface area (Å²) in [6.07, 6.45) is 0. The summed E-state index contributed by atoms with van der Waals surface area (Å²) in [7, 11) is 0. The first-order chi connectivity index (χ1) is 8.59. The number of hydrogen-bond acceptors (Lipinski definition) is 4. The summed E-state index contributed by atoms with van der Waals surface area (Å²) < 4.78 is 0. The van der Waals surface area contributed by atoms with Crippen molar-refractivity contribution < 1.29 is 9.90 Å². The average Bonchev–Trinajstić information content (AvgIpc) is 2.85. The van der Waals surface area contributed by atoms with Crippen LogP contribution in [-0.2, 0) is 0 Å². The van der Waals surface area contributed by atoms with Crippen LogP contribution in [-0.4, -0.2) is 11.1 Å². The van der Waals surface area contributed by atoms with E-state index in [-0.39, 0.29) is 17.3 Å².